The highest BCUT2D eigenvalue weighted by Gasteiger charge is 2.20. The lowest BCUT2D eigenvalue weighted by molar-refractivity contribution is -0.140. The van der Waals surface area contributed by atoms with Gasteiger partial charge in [0.25, 0.3) is 0 Å². The zero-order chi connectivity index (χ0) is 15.9. The van der Waals surface area contributed by atoms with Gasteiger partial charge in [-0.15, -0.1) is 0 Å². The van der Waals surface area contributed by atoms with E-state index in [4.69, 9.17) is 5.73 Å². The molecule has 1 aromatic rings. The predicted molar refractivity (Wildman–Crippen MR) is 82.0 cm³/mol. The van der Waals surface area contributed by atoms with Crippen molar-refractivity contribution < 1.29 is 17.9 Å². The summed E-state index contributed by atoms with van der Waals surface area (Å²) < 4.78 is 30.4. The average Bonchev–Trinajstić information content (AvgIpc) is 2.46. The molecule has 0 saturated carbocycles. The van der Waals surface area contributed by atoms with E-state index in [1.165, 1.54) is 11.4 Å². The minimum Gasteiger partial charge on any atom is -0.469 e. The second kappa shape index (κ2) is 7.99. The normalized spacial score (nSPS) is 11.6. The summed E-state index contributed by atoms with van der Waals surface area (Å²) in [6.45, 7) is 2.47. The van der Waals surface area contributed by atoms with Crippen LogP contribution in [-0.2, 0) is 26.1 Å². The standard InChI is InChI=1S/C14H22N2O4S/c1-3-16(11-12-6-8-13(15)9-7-12)21(18,19)10-4-5-14(17)20-2/h6-9H,3-5,10-11,15H2,1-2H3. The number of hydrogen-bond acceptors (Lipinski definition) is 5. The Labute approximate surface area is 125 Å². The van der Waals surface area contributed by atoms with Crippen molar-refractivity contribution >= 4 is 21.7 Å². The first kappa shape index (κ1) is 17.5. The fourth-order valence-corrected chi connectivity index (χ4v) is 3.37. The van der Waals surface area contributed by atoms with Gasteiger partial charge in [0.2, 0.25) is 10.0 Å². The van der Waals surface area contributed by atoms with Gasteiger partial charge in [-0.05, 0) is 24.1 Å². The van der Waals surface area contributed by atoms with Crippen molar-refractivity contribution in [3.05, 3.63) is 29.8 Å². The van der Waals surface area contributed by atoms with Gasteiger partial charge in [-0.2, -0.15) is 4.31 Å². The molecule has 1 rings (SSSR count). The molecule has 0 aliphatic rings. The third kappa shape index (κ3) is 5.73. The van der Waals surface area contributed by atoms with Crippen molar-refractivity contribution in [3.8, 4) is 0 Å². The molecule has 0 saturated heterocycles. The molecule has 1 aromatic carbocycles. The molecule has 0 radical (unpaired) electrons. The molecule has 0 atom stereocenters. The highest BCUT2D eigenvalue weighted by molar-refractivity contribution is 7.89. The Balaban J connectivity index is 2.64. The van der Waals surface area contributed by atoms with Crippen molar-refractivity contribution in [1.29, 1.82) is 0 Å². The van der Waals surface area contributed by atoms with Crippen LogP contribution in [0.5, 0.6) is 0 Å². The topological polar surface area (TPSA) is 89.7 Å². The number of carbonyl (C=O) groups excluding carboxylic acids is 1. The summed E-state index contributed by atoms with van der Waals surface area (Å²) in [5.74, 6) is -0.461. The number of sulfonamides is 1. The van der Waals surface area contributed by atoms with Crippen LogP contribution >= 0.6 is 0 Å². The maximum absolute atomic E-state index is 12.3. The smallest absolute Gasteiger partial charge is 0.305 e. The molecule has 0 heterocycles. The van der Waals surface area contributed by atoms with E-state index in [0.717, 1.165) is 5.56 Å². The number of carbonyl (C=O) groups is 1. The van der Waals surface area contributed by atoms with Crippen LogP contribution in [0.25, 0.3) is 0 Å². The molecule has 21 heavy (non-hydrogen) atoms. The Morgan fingerprint density at radius 3 is 2.43 bits per heavy atom. The van der Waals surface area contributed by atoms with Gasteiger partial charge in [0.1, 0.15) is 0 Å². The van der Waals surface area contributed by atoms with Gasteiger partial charge < -0.3 is 10.5 Å². The van der Waals surface area contributed by atoms with Crippen LogP contribution in [0.3, 0.4) is 0 Å². The number of nitrogens with zero attached hydrogens (tertiary/aromatic N) is 1. The second-order valence-electron chi connectivity index (χ2n) is 4.66. The minimum atomic E-state index is -3.39. The molecule has 0 aliphatic heterocycles. The number of nitrogens with two attached hydrogens (primary N) is 1. The van der Waals surface area contributed by atoms with Crippen LogP contribution < -0.4 is 5.73 Å². The fourth-order valence-electron chi connectivity index (χ4n) is 1.86. The maximum Gasteiger partial charge on any atom is 0.305 e. The van der Waals surface area contributed by atoms with Crippen LogP contribution in [0.15, 0.2) is 24.3 Å². The van der Waals surface area contributed by atoms with E-state index in [0.29, 0.717) is 18.8 Å². The second-order valence-corrected chi connectivity index (χ2v) is 6.75. The molecule has 7 heteroatoms. The van der Waals surface area contributed by atoms with E-state index in [-0.39, 0.29) is 18.6 Å². The summed E-state index contributed by atoms with van der Waals surface area (Å²) in [6, 6.07) is 7.10. The Kier molecular flexibility index (Phi) is 6.64. The molecule has 0 amide bonds. The zero-order valence-electron chi connectivity index (χ0n) is 12.4. The molecular formula is C14H22N2O4S. The molecule has 0 spiro atoms. The number of methoxy groups -OCH3 is 1. The quantitative estimate of drug-likeness (QED) is 0.578. The summed E-state index contributed by atoms with van der Waals surface area (Å²) in [5.41, 5.74) is 7.13. The van der Waals surface area contributed by atoms with Crippen LogP contribution in [0, 0.1) is 0 Å². The molecule has 0 aliphatic carbocycles. The lowest BCUT2D eigenvalue weighted by Gasteiger charge is -2.20. The number of ether oxygens (including phenoxy) is 1. The SMILES string of the molecule is CCN(Cc1ccc(N)cc1)S(=O)(=O)CCCC(=O)OC. The Hall–Kier alpha value is -1.60. The number of benzene rings is 1. The van der Waals surface area contributed by atoms with E-state index in [9.17, 15) is 13.2 Å². The van der Waals surface area contributed by atoms with Crippen LogP contribution in [0.1, 0.15) is 25.3 Å². The number of nitrogen functional groups attached to an aromatic ring is 1. The molecule has 0 unspecified atom stereocenters. The highest BCUT2D eigenvalue weighted by atomic mass is 32.2. The average molecular weight is 314 g/mol. The summed E-state index contributed by atoms with van der Waals surface area (Å²) in [5, 5.41) is 0. The zero-order valence-corrected chi connectivity index (χ0v) is 13.2. The molecule has 0 aromatic heterocycles. The third-order valence-electron chi connectivity index (χ3n) is 3.10. The Morgan fingerprint density at radius 1 is 1.29 bits per heavy atom. The largest absolute Gasteiger partial charge is 0.469 e. The van der Waals surface area contributed by atoms with Crippen molar-refractivity contribution in [2.24, 2.45) is 0 Å². The van der Waals surface area contributed by atoms with Crippen molar-refractivity contribution in [2.75, 3.05) is 25.1 Å². The molecular weight excluding hydrogens is 292 g/mol. The van der Waals surface area contributed by atoms with Gasteiger partial charge in [0.05, 0.1) is 12.9 Å². The van der Waals surface area contributed by atoms with Crippen molar-refractivity contribution in [2.45, 2.75) is 26.3 Å². The van der Waals surface area contributed by atoms with Crippen molar-refractivity contribution in [3.63, 3.8) is 0 Å². The third-order valence-corrected chi connectivity index (χ3v) is 5.07. The summed E-state index contributed by atoms with van der Waals surface area (Å²) >= 11 is 0. The number of rotatable bonds is 8. The minimum absolute atomic E-state index is 0.0646. The first-order valence-electron chi connectivity index (χ1n) is 6.78. The molecule has 118 valence electrons. The van der Waals surface area contributed by atoms with Crippen LogP contribution in [0.2, 0.25) is 0 Å². The number of anilines is 1. The lowest BCUT2D eigenvalue weighted by atomic mass is 10.2. The summed E-state index contributed by atoms with van der Waals surface area (Å²) in [4.78, 5) is 11.0. The summed E-state index contributed by atoms with van der Waals surface area (Å²) in [7, 11) is -2.10. The van der Waals surface area contributed by atoms with E-state index >= 15 is 0 Å². The number of esters is 1. The maximum atomic E-state index is 12.3. The first-order chi connectivity index (χ1) is 9.89. The summed E-state index contributed by atoms with van der Waals surface area (Å²) in [6.07, 6.45) is 0.363. The molecule has 6 nitrogen and oxygen atoms in total. The Morgan fingerprint density at radius 2 is 1.90 bits per heavy atom. The van der Waals surface area contributed by atoms with E-state index < -0.39 is 16.0 Å². The van der Waals surface area contributed by atoms with Gasteiger partial charge in [0.15, 0.2) is 0 Å². The van der Waals surface area contributed by atoms with Gasteiger partial charge in [-0.3, -0.25) is 4.79 Å². The van der Waals surface area contributed by atoms with Gasteiger partial charge in [-0.25, -0.2) is 8.42 Å². The van der Waals surface area contributed by atoms with Gasteiger partial charge >= 0.3 is 5.97 Å². The lowest BCUT2D eigenvalue weighted by Crippen LogP contribution is -2.32. The number of hydrogen-bond donors (Lipinski definition) is 1. The van der Waals surface area contributed by atoms with Gasteiger partial charge in [-0.1, -0.05) is 19.1 Å². The van der Waals surface area contributed by atoms with E-state index in [1.54, 1.807) is 19.1 Å². The predicted octanol–water partition coefficient (Wildman–Crippen LogP) is 1.37. The highest BCUT2D eigenvalue weighted by Crippen LogP contribution is 2.13. The molecule has 2 N–H and O–H groups in total. The van der Waals surface area contributed by atoms with E-state index in [1.807, 2.05) is 12.1 Å². The first-order valence-corrected chi connectivity index (χ1v) is 8.39. The van der Waals surface area contributed by atoms with Crippen molar-refractivity contribution in [1.82, 2.24) is 4.31 Å². The van der Waals surface area contributed by atoms with Gasteiger partial charge in [0, 0.05) is 25.2 Å². The monoisotopic (exact) mass is 314 g/mol. The molecule has 0 fully saturated rings. The Bertz CT molecular complexity index is 555. The van der Waals surface area contributed by atoms with Crippen LogP contribution in [-0.4, -0.2) is 38.1 Å². The fraction of sp³-hybridized carbons (Fsp3) is 0.500. The van der Waals surface area contributed by atoms with Crippen LogP contribution in [0.4, 0.5) is 5.69 Å². The molecule has 0 bridgehead atoms. The van der Waals surface area contributed by atoms with E-state index in [2.05, 4.69) is 4.74 Å².